The molecule has 6 aliphatic rings. The van der Waals surface area contributed by atoms with Crippen molar-refractivity contribution in [1.29, 1.82) is 0 Å². The number of rotatable bonds is 11. The normalized spacial score (nSPS) is 31.5. The van der Waals surface area contributed by atoms with E-state index in [-0.39, 0.29) is 55.1 Å². The quantitative estimate of drug-likeness (QED) is 0.168. The number of sulfonamides is 1. The molecule has 5 fully saturated rings. The van der Waals surface area contributed by atoms with Crippen LogP contribution in [0, 0.1) is 35.4 Å². The number of amides is 4. The van der Waals surface area contributed by atoms with Crippen molar-refractivity contribution < 1.29 is 50.9 Å². The molecular formula is C50H62FN5O10S. The average molecular weight is 944 g/mol. The van der Waals surface area contributed by atoms with E-state index in [2.05, 4.69) is 22.3 Å². The number of hydrogen-bond donors (Lipinski definition) is 3. The van der Waals surface area contributed by atoms with Crippen molar-refractivity contribution in [1.82, 2.24) is 25.2 Å². The van der Waals surface area contributed by atoms with Crippen LogP contribution in [0.2, 0.25) is 0 Å². The zero-order valence-corrected chi connectivity index (χ0v) is 39.8. The van der Waals surface area contributed by atoms with Crippen LogP contribution in [0.1, 0.15) is 98.8 Å². The predicted molar refractivity (Wildman–Crippen MR) is 247 cm³/mol. The summed E-state index contributed by atoms with van der Waals surface area (Å²) in [4.78, 5) is 64.1. The lowest BCUT2D eigenvalue weighted by atomic mass is 9.88. The fraction of sp³-hybridized carbons (Fsp3) is 0.580. The largest absolute Gasteiger partial charge is 0.497 e. The number of methoxy groups -OCH3 is 1. The zero-order chi connectivity index (χ0) is 47.6. The maximum atomic E-state index is 15.4. The topological polar surface area (TPSA) is 192 Å². The van der Waals surface area contributed by atoms with Crippen LogP contribution < -0.4 is 29.6 Å². The molecule has 4 saturated carbocycles. The number of alkyl carbamates (subject to hydrolysis) is 1. The number of carbonyl (C=O) groups is 4. The van der Waals surface area contributed by atoms with Gasteiger partial charge in [-0.25, -0.2) is 22.6 Å². The lowest BCUT2D eigenvalue weighted by Crippen LogP contribution is -2.59. The third-order valence-electron chi connectivity index (χ3n) is 14.9. The second-order valence-corrected chi connectivity index (χ2v) is 22.7. The summed E-state index contributed by atoms with van der Waals surface area (Å²) in [5, 5.41) is 7.11. The highest BCUT2D eigenvalue weighted by Gasteiger charge is 2.63. The van der Waals surface area contributed by atoms with Gasteiger partial charge in [-0.3, -0.25) is 19.1 Å². The molecule has 4 aliphatic carbocycles. The molecule has 10 atom stereocenters. The lowest BCUT2D eigenvalue weighted by Gasteiger charge is -2.33. The van der Waals surface area contributed by atoms with E-state index >= 15 is 9.18 Å². The van der Waals surface area contributed by atoms with Gasteiger partial charge in [-0.2, -0.15) is 0 Å². The van der Waals surface area contributed by atoms with Crippen LogP contribution in [-0.2, 0) is 29.1 Å². The Morgan fingerprint density at radius 3 is 2.45 bits per heavy atom. The van der Waals surface area contributed by atoms with Gasteiger partial charge in [-0.1, -0.05) is 26.0 Å². The van der Waals surface area contributed by atoms with Gasteiger partial charge in [0.1, 0.15) is 35.6 Å². The third-order valence-corrected chi connectivity index (χ3v) is 17.0. The number of nitrogens with one attached hydrogen (secondary N) is 3. The summed E-state index contributed by atoms with van der Waals surface area (Å²) in [6.07, 6.45) is 7.49. The Labute approximate surface area is 391 Å². The number of aromatic nitrogens is 1. The first kappa shape index (κ1) is 46.7. The van der Waals surface area contributed by atoms with E-state index in [1.807, 2.05) is 32.9 Å². The van der Waals surface area contributed by atoms with Gasteiger partial charge < -0.3 is 34.5 Å². The number of fused-ring (bicyclic) bond motifs is 4. The number of pyridine rings is 1. The van der Waals surface area contributed by atoms with E-state index in [1.54, 1.807) is 50.4 Å². The minimum Gasteiger partial charge on any atom is -0.497 e. The monoisotopic (exact) mass is 943 g/mol. The van der Waals surface area contributed by atoms with Crippen LogP contribution in [0.5, 0.6) is 17.4 Å². The van der Waals surface area contributed by atoms with Gasteiger partial charge >= 0.3 is 6.09 Å². The number of nitrogens with zero attached hydrogens (tertiary/aromatic N) is 2. The van der Waals surface area contributed by atoms with Crippen molar-refractivity contribution in [2.45, 2.75) is 140 Å². The van der Waals surface area contributed by atoms with Crippen molar-refractivity contribution in [2.24, 2.45) is 29.6 Å². The molecule has 17 heteroatoms. The molecule has 2 aliphatic heterocycles. The van der Waals surface area contributed by atoms with E-state index in [0.717, 1.165) is 25.7 Å². The van der Waals surface area contributed by atoms with Crippen molar-refractivity contribution >= 4 is 44.6 Å². The number of carbonyl (C=O) groups excluding carboxylic acids is 4. The molecule has 0 bridgehead atoms. The Balaban J connectivity index is 1.06. The van der Waals surface area contributed by atoms with Gasteiger partial charge in [-0.15, -0.1) is 0 Å². The fourth-order valence-corrected chi connectivity index (χ4v) is 11.7. The van der Waals surface area contributed by atoms with E-state index in [0.29, 0.717) is 65.3 Å². The van der Waals surface area contributed by atoms with Gasteiger partial charge in [-0.05, 0) is 150 Å². The maximum Gasteiger partial charge on any atom is 0.408 e. The minimum absolute atomic E-state index is 0.0433. The standard InChI is InChI=1S/C50H62FN5O10S/c1-27(2)64-42-14-11-30(22-39(42)51)40-23-33-21-35(63-6)12-13-38(33)45(52-40)65-37-24-41-44(57)54-50(47(59)55-67(61,62)49(5)15-16-49)25-34(50)10-8-7-9-28(3)17-29(4)43(46(58)56(41)26-37)53-48(60)66-36-19-31-18-32(31)20-36/h8,10-14,21-23,27-29,31-32,34,36-37,41,43H,7,9,15-20,24-26H2,1-6H3,(H,53,60)(H,54,57)(H,55,59)/b10-8-/t28-,29-,31-,32+,34+,36?,37-,41+,43+,50-/m1/s1. The molecule has 3 heterocycles. The molecule has 2 aromatic carbocycles. The lowest BCUT2D eigenvalue weighted by molar-refractivity contribution is -0.142. The molecule has 1 saturated heterocycles. The first-order valence-corrected chi connectivity index (χ1v) is 25.3. The molecule has 360 valence electrons. The molecule has 4 amide bonds. The predicted octanol–water partition coefficient (Wildman–Crippen LogP) is 6.96. The Kier molecular flexibility index (Phi) is 12.5. The summed E-state index contributed by atoms with van der Waals surface area (Å²) in [7, 11) is -2.50. The van der Waals surface area contributed by atoms with Gasteiger partial charge in [0, 0.05) is 23.3 Å². The smallest absolute Gasteiger partial charge is 0.408 e. The summed E-state index contributed by atoms with van der Waals surface area (Å²) in [6, 6.07) is 9.43. The summed E-state index contributed by atoms with van der Waals surface area (Å²) in [5.74, 6) is -1.36. The summed E-state index contributed by atoms with van der Waals surface area (Å²) in [6.45, 7) is 9.09. The van der Waals surface area contributed by atoms with Crippen molar-refractivity contribution in [3.05, 3.63) is 60.4 Å². The van der Waals surface area contributed by atoms with Crippen molar-refractivity contribution in [3.8, 4) is 28.6 Å². The van der Waals surface area contributed by atoms with Crippen LogP contribution in [0.3, 0.4) is 0 Å². The number of allylic oxidation sites excluding steroid dienone is 1. The first-order chi connectivity index (χ1) is 31.8. The van der Waals surface area contributed by atoms with E-state index < -0.39 is 74.0 Å². The van der Waals surface area contributed by atoms with Crippen molar-refractivity contribution in [3.63, 3.8) is 0 Å². The highest BCUT2D eigenvalue weighted by molar-refractivity contribution is 7.91. The second-order valence-electron chi connectivity index (χ2n) is 20.5. The van der Waals surface area contributed by atoms with E-state index in [1.165, 1.54) is 11.0 Å². The first-order valence-electron chi connectivity index (χ1n) is 23.8. The molecule has 15 nitrogen and oxygen atoms in total. The highest BCUT2D eigenvalue weighted by atomic mass is 32.2. The molecule has 3 aromatic rings. The molecule has 3 N–H and O–H groups in total. The molecular weight excluding hydrogens is 882 g/mol. The highest BCUT2D eigenvalue weighted by Crippen LogP contribution is 2.53. The summed E-state index contributed by atoms with van der Waals surface area (Å²) >= 11 is 0. The second kappa shape index (κ2) is 17.9. The third kappa shape index (κ3) is 9.66. The average Bonchev–Trinajstić information content (AvgIpc) is 4.24. The van der Waals surface area contributed by atoms with Gasteiger partial charge in [0.05, 0.1) is 30.2 Å². The Hall–Kier alpha value is -5.45. The molecule has 0 spiro atoms. The maximum absolute atomic E-state index is 15.4. The fourth-order valence-electron chi connectivity index (χ4n) is 10.4. The van der Waals surface area contributed by atoms with Crippen LogP contribution >= 0.6 is 0 Å². The molecule has 0 radical (unpaired) electrons. The number of hydrogen-bond acceptors (Lipinski definition) is 11. The summed E-state index contributed by atoms with van der Waals surface area (Å²) in [5.41, 5.74) is -0.753. The number of benzene rings is 2. The summed E-state index contributed by atoms with van der Waals surface area (Å²) < 4.78 is 67.1. The Morgan fingerprint density at radius 1 is 0.985 bits per heavy atom. The van der Waals surface area contributed by atoms with Crippen LogP contribution in [0.4, 0.5) is 9.18 Å². The van der Waals surface area contributed by atoms with Crippen LogP contribution in [0.25, 0.3) is 22.0 Å². The molecule has 67 heavy (non-hydrogen) atoms. The zero-order valence-electron chi connectivity index (χ0n) is 39.0. The van der Waals surface area contributed by atoms with Crippen LogP contribution in [-0.4, -0.2) is 96.5 Å². The van der Waals surface area contributed by atoms with Gasteiger partial charge in [0.2, 0.25) is 27.7 Å². The molecule has 9 rings (SSSR count). The SMILES string of the molecule is COc1ccc2c(O[C@@H]3C[C@H]4C(=O)N[C@]5(C(=O)NS(=O)(=O)C6(C)CC6)C[C@@H]5/C=C\CC[C@@H](C)C[C@@H](C)[C@H](NC(=O)OC5C[C@@H]6C[C@@H]6C5)C(=O)N4C3)nc(-c3ccc(OC(C)C)c(F)c3)cc2c1. The van der Waals surface area contributed by atoms with E-state index in [4.69, 9.17) is 23.9 Å². The number of ether oxygens (including phenoxy) is 4. The Bertz CT molecular complexity index is 2590. The van der Waals surface area contributed by atoms with E-state index in [9.17, 15) is 22.8 Å². The van der Waals surface area contributed by atoms with Crippen molar-refractivity contribution in [2.75, 3.05) is 13.7 Å². The minimum atomic E-state index is -4.05. The molecule has 1 aromatic heterocycles. The van der Waals surface area contributed by atoms with Gasteiger partial charge in [0.25, 0.3) is 5.91 Å². The van der Waals surface area contributed by atoms with Gasteiger partial charge in [0.15, 0.2) is 11.6 Å². The molecule has 1 unspecified atom stereocenters. The van der Waals surface area contributed by atoms with Crippen LogP contribution in [0.15, 0.2) is 54.6 Å². The Morgan fingerprint density at radius 2 is 1.75 bits per heavy atom. The number of halogens is 1.